The summed E-state index contributed by atoms with van der Waals surface area (Å²) in [6.45, 7) is 5.85. The summed E-state index contributed by atoms with van der Waals surface area (Å²) in [4.78, 5) is 13.9. The number of amides is 1. The Morgan fingerprint density at radius 2 is 1.61 bits per heavy atom. The van der Waals surface area contributed by atoms with Gasteiger partial charge in [-0.1, -0.05) is 42.8 Å². The van der Waals surface area contributed by atoms with Crippen molar-refractivity contribution in [2.45, 2.75) is 51.1 Å². The van der Waals surface area contributed by atoms with Crippen LogP contribution in [0.3, 0.4) is 0 Å². The molecule has 148 valence electrons. The number of nitrogens with one attached hydrogen (secondary N) is 2. The van der Waals surface area contributed by atoms with E-state index in [1.807, 2.05) is 12.1 Å². The van der Waals surface area contributed by atoms with Crippen molar-refractivity contribution in [2.75, 3.05) is 25.0 Å². The average Bonchev–Trinajstić information content (AvgIpc) is 3.09. The van der Waals surface area contributed by atoms with Crippen molar-refractivity contribution in [2.24, 2.45) is 0 Å². The summed E-state index contributed by atoms with van der Waals surface area (Å²) in [6.07, 6.45) is 6.31. The maximum atomic E-state index is 11.2. The fraction of sp³-hybridized carbons (Fsp3) is 0.458. The number of hydrogen-bond donors (Lipinski definition) is 2. The molecule has 2 N–H and O–H groups in total. The van der Waals surface area contributed by atoms with E-state index in [0.717, 1.165) is 31.6 Å². The zero-order valence-corrected chi connectivity index (χ0v) is 16.8. The zero-order valence-electron chi connectivity index (χ0n) is 16.8. The Bertz CT molecular complexity index is 784. The molecule has 28 heavy (non-hydrogen) atoms. The molecular weight excluding hydrogens is 346 g/mol. The molecule has 0 bridgehead atoms. The van der Waals surface area contributed by atoms with Gasteiger partial charge in [0.15, 0.2) is 0 Å². The van der Waals surface area contributed by atoms with Gasteiger partial charge < -0.3 is 10.6 Å². The van der Waals surface area contributed by atoms with Crippen LogP contribution in [0.4, 0.5) is 5.69 Å². The predicted molar refractivity (Wildman–Crippen MR) is 114 cm³/mol. The van der Waals surface area contributed by atoms with Crippen LogP contribution in [0.5, 0.6) is 0 Å². The molecule has 4 nitrogen and oxygen atoms in total. The highest BCUT2D eigenvalue weighted by Gasteiger charge is 2.41. The molecule has 2 aromatic carbocycles. The van der Waals surface area contributed by atoms with Gasteiger partial charge in [0, 0.05) is 31.2 Å². The fourth-order valence-electron chi connectivity index (χ4n) is 4.85. The monoisotopic (exact) mass is 377 g/mol. The van der Waals surface area contributed by atoms with Gasteiger partial charge in [-0.15, -0.1) is 0 Å². The van der Waals surface area contributed by atoms with Crippen LogP contribution in [0.25, 0.3) is 0 Å². The van der Waals surface area contributed by atoms with Crippen molar-refractivity contribution in [3.8, 4) is 0 Å². The molecule has 0 saturated carbocycles. The zero-order chi connectivity index (χ0) is 19.4. The lowest BCUT2D eigenvalue weighted by molar-refractivity contribution is -0.114. The number of nitrogens with zero attached hydrogens (tertiary/aromatic N) is 1. The Balaban J connectivity index is 1.41. The van der Waals surface area contributed by atoms with E-state index in [-0.39, 0.29) is 11.4 Å². The molecule has 0 unspecified atom stereocenters. The highest BCUT2D eigenvalue weighted by molar-refractivity contribution is 5.88. The van der Waals surface area contributed by atoms with E-state index in [4.69, 9.17) is 0 Å². The van der Waals surface area contributed by atoms with E-state index < -0.39 is 0 Å². The first-order valence-electron chi connectivity index (χ1n) is 10.5. The molecule has 4 rings (SSSR count). The van der Waals surface area contributed by atoms with Gasteiger partial charge in [-0.3, -0.25) is 9.69 Å². The van der Waals surface area contributed by atoms with Crippen LogP contribution in [0, 0.1) is 0 Å². The molecule has 1 aliphatic carbocycles. The molecule has 2 aliphatic rings. The van der Waals surface area contributed by atoms with E-state index in [2.05, 4.69) is 51.9 Å². The topological polar surface area (TPSA) is 44.4 Å². The number of anilines is 1. The van der Waals surface area contributed by atoms with Gasteiger partial charge in [0.1, 0.15) is 0 Å². The Morgan fingerprint density at radius 3 is 2.21 bits per heavy atom. The van der Waals surface area contributed by atoms with Crippen LogP contribution in [-0.2, 0) is 24.2 Å². The lowest BCUT2D eigenvalue weighted by Crippen LogP contribution is -2.57. The summed E-state index contributed by atoms with van der Waals surface area (Å²) in [5, 5.41) is 6.57. The maximum Gasteiger partial charge on any atom is 0.221 e. The normalized spacial score (nSPS) is 18.6. The molecule has 1 saturated heterocycles. The standard InChI is InChI=1S/C24H31N3O/c1-19(28)26-23-11-9-20(10-12-23)17-25-18-24(27-13-5-2-6-14-27)15-21-7-3-4-8-22(21)16-24/h3-4,7-12,25H,2,5-6,13-18H2,1H3,(H,26,28). The van der Waals surface area contributed by atoms with Crippen LogP contribution in [0.1, 0.15) is 42.9 Å². The lowest BCUT2D eigenvalue weighted by atomic mass is 9.90. The van der Waals surface area contributed by atoms with Crippen LogP contribution in [0.15, 0.2) is 48.5 Å². The minimum atomic E-state index is -0.0323. The molecule has 0 atom stereocenters. The molecule has 1 aliphatic heterocycles. The number of benzene rings is 2. The summed E-state index contributed by atoms with van der Waals surface area (Å²) in [7, 11) is 0. The van der Waals surface area contributed by atoms with E-state index in [0.29, 0.717) is 0 Å². The lowest BCUT2D eigenvalue weighted by Gasteiger charge is -2.44. The summed E-state index contributed by atoms with van der Waals surface area (Å²) >= 11 is 0. The van der Waals surface area contributed by atoms with Crippen molar-refractivity contribution in [1.82, 2.24) is 10.2 Å². The third kappa shape index (κ3) is 4.29. The van der Waals surface area contributed by atoms with Crippen molar-refractivity contribution in [3.05, 3.63) is 65.2 Å². The van der Waals surface area contributed by atoms with Crippen LogP contribution < -0.4 is 10.6 Å². The highest BCUT2D eigenvalue weighted by Crippen LogP contribution is 2.36. The number of rotatable bonds is 6. The molecule has 1 amide bonds. The van der Waals surface area contributed by atoms with E-state index in [9.17, 15) is 4.79 Å². The maximum absolute atomic E-state index is 11.2. The fourth-order valence-corrected chi connectivity index (χ4v) is 4.85. The molecule has 0 radical (unpaired) electrons. The van der Waals surface area contributed by atoms with Gasteiger partial charge in [-0.05, 0) is 67.6 Å². The second-order valence-corrected chi connectivity index (χ2v) is 8.38. The quantitative estimate of drug-likeness (QED) is 0.806. The molecular formula is C24H31N3O. The third-order valence-electron chi connectivity index (χ3n) is 6.24. The summed E-state index contributed by atoms with van der Waals surface area (Å²) in [5.74, 6) is -0.0323. The summed E-state index contributed by atoms with van der Waals surface area (Å²) < 4.78 is 0. The molecule has 0 spiro atoms. The Labute approximate surface area is 168 Å². The summed E-state index contributed by atoms with van der Waals surface area (Å²) in [6, 6.07) is 17.1. The number of hydrogen-bond acceptors (Lipinski definition) is 3. The first-order chi connectivity index (χ1) is 13.6. The number of likely N-dealkylation sites (tertiary alicyclic amines) is 1. The minimum Gasteiger partial charge on any atom is -0.326 e. The Morgan fingerprint density at radius 1 is 0.964 bits per heavy atom. The average molecular weight is 378 g/mol. The van der Waals surface area contributed by atoms with Gasteiger partial charge in [-0.25, -0.2) is 0 Å². The Hall–Kier alpha value is -2.17. The van der Waals surface area contributed by atoms with Gasteiger partial charge >= 0.3 is 0 Å². The second-order valence-electron chi connectivity index (χ2n) is 8.38. The van der Waals surface area contributed by atoms with E-state index >= 15 is 0 Å². The SMILES string of the molecule is CC(=O)Nc1ccc(CNCC2(N3CCCCC3)Cc3ccccc3C2)cc1. The predicted octanol–water partition coefficient (Wildman–Crippen LogP) is 3.76. The van der Waals surface area contributed by atoms with Crippen molar-refractivity contribution >= 4 is 11.6 Å². The molecule has 1 fully saturated rings. The molecule has 4 heteroatoms. The number of carbonyl (C=O) groups excluding carboxylic acids is 1. The second kappa shape index (κ2) is 8.46. The van der Waals surface area contributed by atoms with Crippen LogP contribution in [0.2, 0.25) is 0 Å². The minimum absolute atomic E-state index is 0.0323. The summed E-state index contributed by atoms with van der Waals surface area (Å²) in [5.41, 5.74) is 5.36. The highest BCUT2D eigenvalue weighted by atomic mass is 16.1. The number of fused-ring (bicyclic) bond motifs is 1. The largest absolute Gasteiger partial charge is 0.326 e. The van der Waals surface area contributed by atoms with Gasteiger partial charge in [0.2, 0.25) is 5.91 Å². The molecule has 2 aromatic rings. The van der Waals surface area contributed by atoms with Crippen molar-refractivity contribution in [1.29, 1.82) is 0 Å². The number of carbonyl (C=O) groups is 1. The van der Waals surface area contributed by atoms with Gasteiger partial charge in [-0.2, -0.15) is 0 Å². The first kappa shape index (κ1) is 19.2. The smallest absolute Gasteiger partial charge is 0.221 e. The molecule has 0 aromatic heterocycles. The van der Waals surface area contributed by atoms with Crippen LogP contribution in [-0.4, -0.2) is 36.0 Å². The number of piperidine rings is 1. The van der Waals surface area contributed by atoms with E-state index in [1.165, 1.54) is 56.0 Å². The van der Waals surface area contributed by atoms with E-state index in [1.54, 1.807) is 0 Å². The Kier molecular flexibility index (Phi) is 5.79. The third-order valence-corrected chi connectivity index (χ3v) is 6.24. The van der Waals surface area contributed by atoms with Gasteiger partial charge in [0.05, 0.1) is 0 Å². The van der Waals surface area contributed by atoms with Crippen molar-refractivity contribution < 1.29 is 4.79 Å². The molecule has 1 heterocycles. The van der Waals surface area contributed by atoms with Gasteiger partial charge in [0.25, 0.3) is 0 Å². The van der Waals surface area contributed by atoms with Crippen molar-refractivity contribution in [3.63, 3.8) is 0 Å². The van der Waals surface area contributed by atoms with Crippen LogP contribution >= 0.6 is 0 Å². The first-order valence-corrected chi connectivity index (χ1v) is 10.5.